The van der Waals surface area contributed by atoms with Gasteiger partial charge < -0.3 is 4.74 Å². The van der Waals surface area contributed by atoms with Crippen molar-refractivity contribution in [1.29, 1.82) is 5.26 Å². The van der Waals surface area contributed by atoms with Gasteiger partial charge in [-0.1, -0.05) is 42.2 Å². The highest BCUT2D eigenvalue weighted by molar-refractivity contribution is 5.90. The first kappa shape index (κ1) is 21.2. The largest absolute Gasteiger partial charge is 0.443 e. The van der Waals surface area contributed by atoms with Gasteiger partial charge in [0, 0.05) is 29.5 Å². The summed E-state index contributed by atoms with van der Waals surface area (Å²) in [6, 6.07) is 20.1. The normalized spacial score (nSPS) is 11.9. The summed E-state index contributed by atoms with van der Waals surface area (Å²) in [5, 5.41) is 9.78. The van der Waals surface area contributed by atoms with Gasteiger partial charge >= 0.3 is 6.09 Å². The van der Waals surface area contributed by atoms with E-state index in [1.165, 1.54) is 10.1 Å². The van der Waals surface area contributed by atoms with Crippen molar-refractivity contribution >= 4 is 17.0 Å². The molecule has 1 heterocycles. The number of aromatic nitrogens is 1. The topological polar surface area (TPSA) is 55.0 Å². The van der Waals surface area contributed by atoms with E-state index in [0.29, 0.717) is 6.42 Å². The molecule has 0 fully saturated rings. The Kier molecular flexibility index (Phi) is 6.60. The van der Waals surface area contributed by atoms with Crippen LogP contribution in [0.5, 0.6) is 0 Å². The highest BCUT2D eigenvalue weighted by atomic mass is 16.6. The Labute approximate surface area is 178 Å². The quantitative estimate of drug-likeness (QED) is 0.385. The highest BCUT2D eigenvalue weighted by Crippen LogP contribution is 2.23. The fourth-order valence-corrected chi connectivity index (χ4v) is 3.25. The lowest BCUT2D eigenvalue weighted by Crippen LogP contribution is -2.26. The van der Waals surface area contributed by atoms with E-state index in [9.17, 15) is 4.79 Å². The van der Waals surface area contributed by atoms with Gasteiger partial charge in [0.1, 0.15) is 5.60 Å². The number of benzene rings is 2. The summed E-state index contributed by atoms with van der Waals surface area (Å²) < 4.78 is 6.99. The van der Waals surface area contributed by atoms with Crippen LogP contribution in [0.2, 0.25) is 0 Å². The Morgan fingerprint density at radius 1 is 1.13 bits per heavy atom. The molecule has 30 heavy (non-hydrogen) atoms. The SMILES string of the molecule is CC(C)(C)OC(=O)n1ccc2cc(C#C[C@H](CCCC#N)c3ccccc3)ccc21. The van der Waals surface area contributed by atoms with Gasteiger partial charge in [-0.3, -0.25) is 4.57 Å². The molecule has 1 aromatic heterocycles. The molecule has 0 bridgehead atoms. The average molecular weight is 399 g/mol. The first-order chi connectivity index (χ1) is 14.4. The third-order valence-electron chi connectivity index (χ3n) is 4.65. The van der Waals surface area contributed by atoms with Crippen LogP contribution in [0, 0.1) is 23.2 Å². The lowest BCUT2D eigenvalue weighted by Gasteiger charge is -2.19. The molecule has 0 N–H and O–H groups in total. The molecule has 0 aliphatic rings. The third kappa shape index (κ3) is 5.52. The number of fused-ring (bicyclic) bond motifs is 1. The van der Waals surface area contributed by atoms with E-state index >= 15 is 0 Å². The van der Waals surface area contributed by atoms with Gasteiger partial charge in [0.15, 0.2) is 0 Å². The summed E-state index contributed by atoms with van der Waals surface area (Å²) in [5.41, 5.74) is 2.31. The molecule has 3 rings (SSSR count). The molecule has 2 aromatic carbocycles. The Morgan fingerprint density at radius 3 is 2.60 bits per heavy atom. The van der Waals surface area contributed by atoms with Gasteiger partial charge in [-0.2, -0.15) is 5.26 Å². The molecule has 4 nitrogen and oxygen atoms in total. The number of hydrogen-bond donors (Lipinski definition) is 0. The maximum atomic E-state index is 12.4. The smallest absolute Gasteiger partial charge is 0.418 e. The Bertz CT molecular complexity index is 1120. The van der Waals surface area contributed by atoms with Crippen LogP contribution < -0.4 is 0 Å². The van der Waals surface area contributed by atoms with Gasteiger partial charge in [0.25, 0.3) is 0 Å². The molecule has 0 radical (unpaired) electrons. The van der Waals surface area contributed by atoms with E-state index in [4.69, 9.17) is 10.00 Å². The van der Waals surface area contributed by atoms with Crippen molar-refractivity contribution in [2.45, 2.75) is 51.6 Å². The summed E-state index contributed by atoms with van der Waals surface area (Å²) in [4.78, 5) is 12.4. The first-order valence-corrected chi connectivity index (χ1v) is 10.2. The third-order valence-corrected chi connectivity index (χ3v) is 4.65. The predicted molar refractivity (Wildman–Crippen MR) is 119 cm³/mol. The zero-order valence-electron chi connectivity index (χ0n) is 17.7. The number of rotatable bonds is 4. The molecule has 1 atom stereocenters. The van der Waals surface area contributed by atoms with E-state index in [1.54, 1.807) is 6.20 Å². The van der Waals surface area contributed by atoms with Crippen molar-refractivity contribution in [3.8, 4) is 17.9 Å². The second kappa shape index (κ2) is 9.33. The van der Waals surface area contributed by atoms with Crippen LogP contribution in [0.4, 0.5) is 4.79 Å². The minimum absolute atomic E-state index is 0.0848. The number of nitriles is 1. The number of hydrogen-bond acceptors (Lipinski definition) is 3. The molecule has 4 heteroatoms. The maximum Gasteiger partial charge on any atom is 0.418 e. The van der Waals surface area contributed by atoms with Crippen LogP contribution in [-0.2, 0) is 4.74 Å². The molecule has 0 unspecified atom stereocenters. The summed E-state index contributed by atoms with van der Waals surface area (Å²) in [7, 11) is 0. The van der Waals surface area contributed by atoms with Crippen molar-refractivity contribution in [3.63, 3.8) is 0 Å². The summed E-state index contributed by atoms with van der Waals surface area (Å²) >= 11 is 0. The molecule has 0 aliphatic heterocycles. The van der Waals surface area contributed by atoms with E-state index < -0.39 is 11.7 Å². The number of ether oxygens (including phenoxy) is 1. The zero-order chi connectivity index (χ0) is 21.6. The van der Waals surface area contributed by atoms with Crippen LogP contribution in [-0.4, -0.2) is 16.3 Å². The van der Waals surface area contributed by atoms with E-state index in [2.05, 4.69) is 30.0 Å². The molecule has 152 valence electrons. The van der Waals surface area contributed by atoms with Crippen LogP contribution in [0.15, 0.2) is 60.8 Å². The van der Waals surface area contributed by atoms with Crippen LogP contribution in [0.3, 0.4) is 0 Å². The summed E-state index contributed by atoms with van der Waals surface area (Å²) in [6.45, 7) is 5.55. The van der Waals surface area contributed by atoms with Crippen molar-refractivity contribution in [2.75, 3.05) is 0 Å². The molecule has 0 amide bonds. The van der Waals surface area contributed by atoms with Crippen molar-refractivity contribution in [1.82, 2.24) is 4.57 Å². The number of carbonyl (C=O) groups excluding carboxylic acids is 1. The standard InChI is InChI=1S/C26H26N2O2/c1-26(2,3)30-25(29)28-18-16-23-19-20(13-15-24(23)28)12-14-22(11-7-8-17-27)21-9-5-4-6-10-21/h4-6,9-10,13,15-16,18-19,22H,7-8,11H2,1-3H3/t22-/m0/s1. The molecule has 0 spiro atoms. The second-order valence-electron chi connectivity index (χ2n) is 8.22. The molecule has 0 saturated heterocycles. The van der Waals surface area contributed by atoms with Gasteiger partial charge in [-0.15, -0.1) is 0 Å². The highest BCUT2D eigenvalue weighted by Gasteiger charge is 2.19. The fraction of sp³-hybridized carbons (Fsp3) is 0.308. The minimum Gasteiger partial charge on any atom is -0.443 e. The van der Waals surface area contributed by atoms with E-state index in [-0.39, 0.29) is 5.92 Å². The monoisotopic (exact) mass is 398 g/mol. The summed E-state index contributed by atoms with van der Waals surface area (Å²) in [6.07, 6.45) is 3.54. The molecule has 0 aliphatic carbocycles. The maximum absolute atomic E-state index is 12.4. The first-order valence-electron chi connectivity index (χ1n) is 10.2. The van der Waals surface area contributed by atoms with Gasteiger partial charge in [-0.05, 0) is 63.4 Å². The Balaban J connectivity index is 1.84. The summed E-state index contributed by atoms with van der Waals surface area (Å²) in [5.74, 6) is 6.74. The van der Waals surface area contributed by atoms with Crippen molar-refractivity contribution in [3.05, 3.63) is 71.9 Å². The number of unbranched alkanes of at least 4 members (excludes halogenated alkanes) is 1. The van der Waals surface area contributed by atoms with Gasteiger partial charge in [0.05, 0.1) is 11.6 Å². The predicted octanol–water partition coefficient (Wildman–Crippen LogP) is 6.25. The van der Waals surface area contributed by atoms with Crippen LogP contribution in [0.25, 0.3) is 10.9 Å². The number of carbonyl (C=O) groups is 1. The Morgan fingerprint density at radius 2 is 1.90 bits per heavy atom. The Hall–Kier alpha value is -3.50. The second-order valence-corrected chi connectivity index (χ2v) is 8.22. The van der Waals surface area contributed by atoms with Crippen molar-refractivity contribution < 1.29 is 9.53 Å². The fourth-order valence-electron chi connectivity index (χ4n) is 3.25. The molecular weight excluding hydrogens is 372 g/mol. The van der Waals surface area contributed by atoms with Crippen molar-refractivity contribution in [2.24, 2.45) is 0 Å². The van der Waals surface area contributed by atoms with Gasteiger partial charge in [0.2, 0.25) is 0 Å². The van der Waals surface area contributed by atoms with Crippen LogP contribution >= 0.6 is 0 Å². The molecule has 3 aromatic rings. The van der Waals surface area contributed by atoms with E-state index in [1.807, 2.05) is 63.2 Å². The molecule has 0 saturated carbocycles. The lowest BCUT2D eigenvalue weighted by molar-refractivity contribution is 0.0544. The lowest BCUT2D eigenvalue weighted by atomic mass is 9.94. The zero-order valence-corrected chi connectivity index (χ0v) is 17.7. The average Bonchev–Trinajstić information content (AvgIpc) is 3.13. The number of nitrogens with zero attached hydrogens (tertiary/aromatic N) is 2. The molecular formula is C26H26N2O2. The minimum atomic E-state index is -0.545. The van der Waals surface area contributed by atoms with Crippen LogP contribution in [0.1, 0.15) is 57.1 Å². The van der Waals surface area contributed by atoms with Gasteiger partial charge in [-0.25, -0.2) is 4.79 Å². The van der Waals surface area contributed by atoms with E-state index in [0.717, 1.165) is 29.3 Å².